The number of amides is 1. The highest BCUT2D eigenvalue weighted by atomic mass is 16.1. The van der Waals surface area contributed by atoms with E-state index in [2.05, 4.69) is 0 Å². The van der Waals surface area contributed by atoms with Crippen molar-refractivity contribution in [1.29, 1.82) is 0 Å². The Morgan fingerprint density at radius 3 is 3.00 bits per heavy atom. The molecule has 0 fully saturated rings. The summed E-state index contributed by atoms with van der Waals surface area (Å²) in [6.07, 6.45) is 8.39. The van der Waals surface area contributed by atoms with Gasteiger partial charge in [-0.25, -0.2) is 0 Å². The molecular formula is C9H11NO. The second-order valence-electron chi connectivity index (χ2n) is 2.55. The van der Waals surface area contributed by atoms with Crippen LogP contribution in [0.1, 0.15) is 13.3 Å². The van der Waals surface area contributed by atoms with Crippen LogP contribution in [0.25, 0.3) is 0 Å². The van der Waals surface area contributed by atoms with E-state index < -0.39 is 0 Å². The zero-order chi connectivity index (χ0) is 8.27. The van der Waals surface area contributed by atoms with E-state index in [0.717, 1.165) is 12.0 Å². The molecule has 0 atom stereocenters. The summed E-state index contributed by atoms with van der Waals surface area (Å²) in [5.41, 5.74) is 6.79. The lowest BCUT2D eigenvalue weighted by molar-refractivity contribution is -0.114. The topological polar surface area (TPSA) is 43.1 Å². The van der Waals surface area contributed by atoms with Crippen molar-refractivity contribution in [3.05, 3.63) is 35.5 Å². The average molecular weight is 149 g/mol. The minimum Gasteiger partial charge on any atom is -0.366 e. The summed E-state index contributed by atoms with van der Waals surface area (Å²) in [7, 11) is 0. The van der Waals surface area contributed by atoms with E-state index in [1.54, 1.807) is 6.08 Å². The molecule has 0 aromatic heterocycles. The molecule has 0 aromatic rings. The number of allylic oxidation sites excluding steroid dienone is 4. The van der Waals surface area contributed by atoms with Gasteiger partial charge in [-0.15, -0.1) is 0 Å². The van der Waals surface area contributed by atoms with E-state index in [9.17, 15) is 4.79 Å². The van der Waals surface area contributed by atoms with Crippen LogP contribution in [0.4, 0.5) is 0 Å². The minimum absolute atomic E-state index is 0.354. The lowest BCUT2D eigenvalue weighted by Crippen LogP contribution is -2.12. The van der Waals surface area contributed by atoms with E-state index in [1.165, 1.54) is 0 Å². The highest BCUT2D eigenvalue weighted by Crippen LogP contribution is 2.09. The molecule has 1 aliphatic carbocycles. The molecule has 0 unspecified atom stereocenters. The van der Waals surface area contributed by atoms with Crippen molar-refractivity contribution in [2.75, 3.05) is 0 Å². The Labute approximate surface area is 66.1 Å². The Morgan fingerprint density at radius 2 is 2.36 bits per heavy atom. The highest BCUT2D eigenvalue weighted by molar-refractivity contribution is 5.95. The van der Waals surface area contributed by atoms with Gasteiger partial charge >= 0.3 is 0 Å². The summed E-state index contributed by atoms with van der Waals surface area (Å²) in [5.74, 6) is -0.354. The number of carbonyl (C=O) groups excluding carboxylic acids is 1. The summed E-state index contributed by atoms with van der Waals surface area (Å²) in [6, 6.07) is 0. The predicted molar refractivity (Wildman–Crippen MR) is 44.8 cm³/mol. The highest BCUT2D eigenvalue weighted by Gasteiger charge is 2.01. The molecule has 11 heavy (non-hydrogen) atoms. The van der Waals surface area contributed by atoms with Gasteiger partial charge in [0, 0.05) is 5.57 Å². The molecule has 0 bridgehead atoms. The van der Waals surface area contributed by atoms with E-state index in [1.807, 2.05) is 25.2 Å². The molecule has 0 aromatic carbocycles. The maximum Gasteiger partial charge on any atom is 0.248 e. The number of nitrogens with two attached hydrogens (primary N) is 1. The zero-order valence-electron chi connectivity index (χ0n) is 6.50. The van der Waals surface area contributed by atoms with Crippen molar-refractivity contribution in [3.8, 4) is 0 Å². The van der Waals surface area contributed by atoms with Gasteiger partial charge in [-0.3, -0.25) is 4.79 Å². The molecule has 0 heterocycles. The van der Waals surface area contributed by atoms with Crippen molar-refractivity contribution >= 4 is 5.91 Å². The van der Waals surface area contributed by atoms with Gasteiger partial charge in [-0.1, -0.05) is 23.8 Å². The molecule has 2 nitrogen and oxygen atoms in total. The van der Waals surface area contributed by atoms with Crippen molar-refractivity contribution in [2.24, 2.45) is 5.73 Å². The lowest BCUT2D eigenvalue weighted by Gasteiger charge is -1.93. The molecule has 58 valence electrons. The second kappa shape index (κ2) is 3.19. The Morgan fingerprint density at radius 1 is 1.64 bits per heavy atom. The van der Waals surface area contributed by atoms with Crippen molar-refractivity contribution < 1.29 is 4.79 Å². The van der Waals surface area contributed by atoms with Gasteiger partial charge in [0.05, 0.1) is 0 Å². The molecular weight excluding hydrogens is 138 g/mol. The van der Waals surface area contributed by atoms with Gasteiger partial charge in [0.1, 0.15) is 0 Å². The fourth-order valence-electron chi connectivity index (χ4n) is 0.973. The van der Waals surface area contributed by atoms with Crippen LogP contribution in [0.2, 0.25) is 0 Å². The van der Waals surface area contributed by atoms with Crippen molar-refractivity contribution in [1.82, 2.24) is 0 Å². The van der Waals surface area contributed by atoms with Crippen LogP contribution in [-0.2, 0) is 4.79 Å². The number of hydrogen-bond acceptors (Lipinski definition) is 1. The van der Waals surface area contributed by atoms with Gasteiger partial charge < -0.3 is 5.73 Å². The molecule has 2 heteroatoms. The molecule has 0 radical (unpaired) electrons. The van der Waals surface area contributed by atoms with E-state index >= 15 is 0 Å². The molecule has 1 aliphatic rings. The second-order valence-corrected chi connectivity index (χ2v) is 2.55. The van der Waals surface area contributed by atoms with Gasteiger partial charge in [0.2, 0.25) is 5.91 Å². The van der Waals surface area contributed by atoms with Gasteiger partial charge in [-0.2, -0.15) is 0 Å². The summed E-state index contributed by atoms with van der Waals surface area (Å²) in [5, 5.41) is 0. The SMILES string of the molecule is CC1=CC(C(N)=O)=CCC=C1. The molecule has 0 spiro atoms. The Bertz CT molecular complexity index is 259. The van der Waals surface area contributed by atoms with Crippen molar-refractivity contribution in [3.63, 3.8) is 0 Å². The number of primary amides is 1. The quantitative estimate of drug-likeness (QED) is 0.600. The third-order valence-corrected chi connectivity index (χ3v) is 1.52. The van der Waals surface area contributed by atoms with Crippen LogP contribution in [0.15, 0.2) is 35.5 Å². The van der Waals surface area contributed by atoms with Crippen LogP contribution < -0.4 is 5.73 Å². The maximum absolute atomic E-state index is 10.7. The first-order chi connectivity index (χ1) is 5.20. The standard InChI is InChI=1S/C9H11NO/c1-7-4-2-3-5-8(6-7)9(10)11/h2,4-6H,3H2,1H3,(H2,10,11). The van der Waals surface area contributed by atoms with Gasteiger partial charge in [0.15, 0.2) is 0 Å². The normalized spacial score (nSPS) is 16.8. The third-order valence-electron chi connectivity index (χ3n) is 1.52. The van der Waals surface area contributed by atoms with Crippen LogP contribution in [-0.4, -0.2) is 5.91 Å². The number of hydrogen-bond donors (Lipinski definition) is 1. The molecule has 0 aliphatic heterocycles. The van der Waals surface area contributed by atoms with Gasteiger partial charge in [0.25, 0.3) is 0 Å². The maximum atomic E-state index is 10.7. The van der Waals surface area contributed by atoms with E-state index in [4.69, 9.17) is 5.73 Å². The Kier molecular flexibility index (Phi) is 2.26. The van der Waals surface area contributed by atoms with Gasteiger partial charge in [-0.05, 0) is 19.4 Å². The molecule has 0 saturated carbocycles. The predicted octanol–water partition coefficient (Wildman–Crippen LogP) is 1.30. The number of rotatable bonds is 1. The summed E-state index contributed by atoms with van der Waals surface area (Å²) < 4.78 is 0. The van der Waals surface area contributed by atoms with Crippen LogP contribution in [0, 0.1) is 0 Å². The Balaban J connectivity index is 2.91. The van der Waals surface area contributed by atoms with Crippen LogP contribution >= 0.6 is 0 Å². The lowest BCUT2D eigenvalue weighted by atomic mass is 10.2. The molecule has 2 N–H and O–H groups in total. The first-order valence-electron chi connectivity index (χ1n) is 3.55. The molecule has 1 rings (SSSR count). The third kappa shape index (κ3) is 2.08. The largest absolute Gasteiger partial charge is 0.366 e. The molecule has 0 saturated heterocycles. The summed E-state index contributed by atoms with van der Waals surface area (Å²) >= 11 is 0. The fourth-order valence-corrected chi connectivity index (χ4v) is 0.973. The summed E-state index contributed by atoms with van der Waals surface area (Å²) in [6.45, 7) is 1.94. The zero-order valence-corrected chi connectivity index (χ0v) is 6.50. The average Bonchev–Trinajstić information content (AvgIpc) is 2.13. The van der Waals surface area contributed by atoms with Crippen LogP contribution in [0.3, 0.4) is 0 Å². The first kappa shape index (κ1) is 7.79. The van der Waals surface area contributed by atoms with E-state index in [0.29, 0.717) is 5.57 Å². The van der Waals surface area contributed by atoms with Crippen molar-refractivity contribution in [2.45, 2.75) is 13.3 Å². The molecule has 1 amide bonds. The fraction of sp³-hybridized carbons (Fsp3) is 0.222. The van der Waals surface area contributed by atoms with Crippen LogP contribution in [0.5, 0.6) is 0 Å². The van der Waals surface area contributed by atoms with E-state index in [-0.39, 0.29) is 5.91 Å². The summed E-state index contributed by atoms with van der Waals surface area (Å²) in [4.78, 5) is 10.7. The Hall–Kier alpha value is -1.31. The first-order valence-corrected chi connectivity index (χ1v) is 3.55. The minimum atomic E-state index is -0.354. The smallest absolute Gasteiger partial charge is 0.248 e. The monoisotopic (exact) mass is 149 g/mol. The number of carbonyl (C=O) groups is 1.